The van der Waals surface area contributed by atoms with Crippen molar-refractivity contribution in [1.29, 1.82) is 0 Å². The van der Waals surface area contributed by atoms with Crippen molar-refractivity contribution in [3.05, 3.63) is 48.4 Å². The van der Waals surface area contributed by atoms with Gasteiger partial charge >= 0.3 is 0 Å². The fourth-order valence-corrected chi connectivity index (χ4v) is 4.99. The minimum Gasteiger partial charge on any atom is -0.354 e. The molecular weight excluding hydrogens is 364 g/mol. The number of sulfonamides is 1. The van der Waals surface area contributed by atoms with E-state index in [0.717, 1.165) is 35.4 Å². The van der Waals surface area contributed by atoms with Crippen LogP contribution in [0.5, 0.6) is 0 Å². The Labute approximate surface area is 158 Å². The highest BCUT2D eigenvalue weighted by atomic mass is 32.2. The molecule has 1 aromatic carbocycles. The first-order valence-electron chi connectivity index (χ1n) is 8.83. The van der Waals surface area contributed by atoms with Gasteiger partial charge in [-0.25, -0.2) is 18.4 Å². The van der Waals surface area contributed by atoms with Gasteiger partial charge in [0.1, 0.15) is 12.1 Å². The molecule has 2 aromatic heterocycles. The van der Waals surface area contributed by atoms with E-state index in [1.807, 2.05) is 37.4 Å². The van der Waals surface area contributed by atoms with Crippen molar-refractivity contribution in [2.45, 2.75) is 18.2 Å². The van der Waals surface area contributed by atoms with Crippen molar-refractivity contribution in [3.63, 3.8) is 0 Å². The molecule has 0 spiro atoms. The van der Waals surface area contributed by atoms with E-state index in [2.05, 4.69) is 20.0 Å². The number of aryl methyl sites for hydroxylation is 1. The zero-order valence-corrected chi connectivity index (χ0v) is 16.2. The summed E-state index contributed by atoms with van der Waals surface area (Å²) in [6, 6.07) is 9.20. The molecule has 1 aliphatic heterocycles. The normalized spacial score (nSPS) is 17.9. The van der Waals surface area contributed by atoms with Crippen molar-refractivity contribution in [3.8, 4) is 0 Å². The van der Waals surface area contributed by atoms with Crippen LogP contribution in [0.3, 0.4) is 0 Å². The number of aromatic nitrogens is 4. The van der Waals surface area contributed by atoms with Crippen LogP contribution in [0, 0.1) is 0 Å². The largest absolute Gasteiger partial charge is 0.354 e. The molecule has 1 saturated heterocycles. The summed E-state index contributed by atoms with van der Waals surface area (Å²) in [5, 5.41) is 5.13. The van der Waals surface area contributed by atoms with Gasteiger partial charge in [0.25, 0.3) is 0 Å². The highest BCUT2D eigenvalue weighted by Crippen LogP contribution is 2.28. The minimum atomic E-state index is -3.38. The molecule has 0 bridgehead atoms. The van der Waals surface area contributed by atoms with Crippen molar-refractivity contribution >= 4 is 26.9 Å². The van der Waals surface area contributed by atoms with Crippen LogP contribution in [-0.2, 0) is 22.8 Å². The van der Waals surface area contributed by atoms with Gasteiger partial charge in [0.2, 0.25) is 10.0 Å². The summed E-state index contributed by atoms with van der Waals surface area (Å²) in [4.78, 5) is 10.8. The number of hydrogen-bond donors (Lipinski definition) is 0. The molecule has 0 saturated carbocycles. The first-order chi connectivity index (χ1) is 13.0. The maximum Gasteiger partial charge on any atom is 0.218 e. The van der Waals surface area contributed by atoms with Gasteiger partial charge in [0, 0.05) is 33.2 Å². The molecule has 27 heavy (non-hydrogen) atoms. The Bertz CT molecular complexity index is 1050. The number of fused-ring (bicyclic) bond motifs is 1. The van der Waals surface area contributed by atoms with Gasteiger partial charge in [-0.1, -0.05) is 30.3 Å². The first-order valence-corrected chi connectivity index (χ1v) is 10.4. The lowest BCUT2D eigenvalue weighted by Crippen LogP contribution is -2.39. The molecule has 8 nitrogen and oxygen atoms in total. The highest BCUT2D eigenvalue weighted by molar-refractivity contribution is 7.88. The second kappa shape index (κ2) is 6.90. The SMILES string of the molecule is CN(C1CCN(c2ncnc3c2cnn3C)C1)S(=O)(=O)Cc1ccccc1. The smallest absolute Gasteiger partial charge is 0.218 e. The summed E-state index contributed by atoms with van der Waals surface area (Å²) in [6.07, 6.45) is 4.05. The zero-order valence-electron chi connectivity index (χ0n) is 15.4. The van der Waals surface area contributed by atoms with Gasteiger partial charge in [-0.15, -0.1) is 0 Å². The number of benzene rings is 1. The average molecular weight is 386 g/mol. The number of anilines is 1. The van der Waals surface area contributed by atoms with Crippen LogP contribution in [0.25, 0.3) is 11.0 Å². The van der Waals surface area contributed by atoms with Crippen LogP contribution in [0.15, 0.2) is 42.9 Å². The van der Waals surface area contributed by atoms with Gasteiger partial charge < -0.3 is 4.90 Å². The van der Waals surface area contributed by atoms with Crippen molar-refractivity contribution < 1.29 is 8.42 Å². The van der Waals surface area contributed by atoms with E-state index in [0.29, 0.717) is 6.54 Å². The lowest BCUT2D eigenvalue weighted by molar-refractivity contribution is 0.389. The van der Waals surface area contributed by atoms with E-state index in [-0.39, 0.29) is 11.8 Å². The third kappa shape index (κ3) is 3.40. The Kier molecular flexibility index (Phi) is 4.56. The topological polar surface area (TPSA) is 84.2 Å². The van der Waals surface area contributed by atoms with Crippen LogP contribution in [0.1, 0.15) is 12.0 Å². The predicted octanol–water partition coefficient (Wildman–Crippen LogP) is 1.40. The summed E-state index contributed by atoms with van der Waals surface area (Å²) in [6.45, 7) is 1.35. The van der Waals surface area contributed by atoms with Gasteiger partial charge in [-0.05, 0) is 12.0 Å². The van der Waals surface area contributed by atoms with E-state index in [1.165, 1.54) is 10.6 Å². The molecule has 0 amide bonds. The fraction of sp³-hybridized carbons (Fsp3) is 0.389. The van der Waals surface area contributed by atoms with Crippen LogP contribution in [0.2, 0.25) is 0 Å². The van der Waals surface area contributed by atoms with E-state index >= 15 is 0 Å². The summed E-state index contributed by atoms with van der Waals surface area (Å²) < 4.78 is 28.9. The molecule has 142 valence electrons. The molecule has 3 heterocycles. The lowest BCUT2D eigenvalue weighted by Gasteiger charge is -2.24. The Hall–Kier alpha value is -2.52. The number of hydrogen-bond acceptors (Lipinski definition) is 6. The molecule has 9 heteroatoms. The van der Waals surface area contributed by atoms with Crippen molar-refractivity contribution in [2.24, 2.45) is 7.05 Å². The van der Waals surface area contributed by atoms with Crippen molar-refractivity contribution in [1.82, 2.24) is 24.1 Å². The second-order valence-electron chi connectivity index (χ2n) is 6.85. The van der Waals surface area contributed by atoms with Gasteiger partial charge in [0.05, 0.1) is 17.3 Å². The Balaban J connectivity index is 1.52. The summed E-state index contributed by atoms with van der Waals surface area (Å²) in [5.74, 6) is 0.825. The number of nitrogens with zero attached hydrogens (tertiary/aromatic N) is 6. The lowest BCUT2D eigenvalue weighted by atomic mass is 10.2. The fourth-order valence-electron chi connectivity index (χ4n) is 3.55. The maximum absolute atomic E-state index is 12.8. The molecule has 0 radical (unpaired) electrons. The minimum absolute atomic E-state index is 0.0151. The third-order valence-electron chi connectivity index (χ3n) is 5.12. The maximum atomic E-state index is 12.8. The van der Waals surface area contributed by atoms with Crippen LogP contribution in [-0.4, -0.2) is 58.7 Å². The molecule has 0 N–H and O–H groups in total. The first kappa shape index (κ1) is 17.9. The Morgan fingerprint density at radius 2 is 2.00 bits per heavy atom. The van der Waals surface area contributed by atoms with Gasteiger partial charge in [-0.2, -0.15) is 9.40 Å². The second-order valence-corrected chi connectivity index (χ2v) is 8.88. The monoisotopic (exact) mass is 386 g/mol. The summed E-state index contributed by atoms with van der Waals surface area (Å²) in [5.41, 5.74) is 1.57. The number of likely N-dealkylation sites (N-methyl/N-ethyl adjacent to an activating group) is 1. The van der Waals surface area contributed by atoms with E-state index in [4.69, 9.17) is 0 Å². The molecule has 1 atom stereocenters. The van der Waals surface area contributed by atoms with Gasteiger partial charge in [0.15, 0.2) is 5.65 Å². The zero-order chi connectivity index (χ0) is 19.0. The quantitative estimate of drug-likeness (QED) is 0.659. The highest BCUT2D eigenvalue weighted by Gasteiger charge is 2.33. The van der Waals surface area contributed by atoms with Crippen LogP contribution < -0.4 is 4.90 Å². The van der Waals surface area contributed by atoms with E-state index in [9.17, 15) is 8.42 Å². The molecular formula is C18H22N6O2S. The molecule has 0 aliphatic carbocycles. The van der Waals surface area contributed by atoms with Crippen LogP contribution >= 0.6 is 0 Å². The van der Waals surface area contributed by atoms with Crippen LogP contribution in [0.4, 0.5) is 5.82 Å². The third-order valence-corrected chi connectivity index (χ3v) is 6.99. The summed E-state index contributed by atoms with van der Waals surface area (Å²) in [7, 11) is 0.132. The predicted molar refractivity (Wildman–Crippen MR) is 104 cm³/mol. The van der Waals surface area contributed by atoms with Gasteiger partial charge in [-0.3, -0.25) is 4.68 Å². The molecule has 3 aromatic rings. The standard InChI is InChI=1S/C18H22N6O2S/c1-22-17-16(10-21-22)18(20-13-19-17)24-9-8-15(11-24)23(2)27(25,26)12-14-6-4-3-5-7-14/h3-7,10,13,15H,8-9,11-12H2,1-2H3. The number of rotatable bonds is 5. The molecule has 1 aliphatic rings. The van der Waals surface area contributed by atoms with E-state index in [1.54, 1.807) is 17.9 Å². The molecule has 1 fully saturated rings. The summed E-state index contributed by atoms with van der Waals surface area (Å²) >= 11 is 0. The molecule has 4 rings (SSSR count). The van der Waals surface area contributed by atoms with E-state index < -0.39 is 10.0 Å². The Morgan fingerprint density at radius 3 is 2.78 bits per heavy atom. The average Bonchev–Trinajstić information content (AvgIpc) is 3.29. The van der Waals surface area contributed by atoms with Crippen molar-refractivity contribution in [2.75, 3.05) is 25.0 Å². The molecule has 1 unspecified atom stereocenters. The Morgan fingerprint density at radius 1 is 1.22 bits per heavy atom.